The third-order valence-corrected chi connectivity index (χ3v) is 3.22. The highest BCUT2D eigenvalue weighted by atomic mass is 15.1. The minimum absolute atomic E-state index is 0.0685. The van der Waals surface area contributed by atoms with Crippen LogP contribution in [-0.2, 0) is 0 Å². The van der Waals surface area contributed by atoms with E-state index in [0.717, 1.165) is 19.5 Å². The number of rotatable bonds is 6. The van der Waals surface area contributed by atoms with Gasteiger partial charge in [-0.3, -0.25) is 4.90 Å². The Hall–Kier alpha value is -0.520. The molecular formula is C13H26N2. The largest absolute Gasteiger partial charge is 0.325 e. The second kappa shape index (κ2) is 5.53. The number of terminal acetylenes is 1. The zero-order valence-corrected chi connectivity index (χ0v) is 10.9. The molecule has 0 rings (SSSR count). The minimum Gasteiger partial charge on any atom is -0.325 e. The molecule has 2 nitrogen and oxygen atoms in total. The predicted molar refractivity (Wildman–Crippen MR) is 67.6 cm³/mol. The fourth-order valence-corrected chi connectivity index (χ4v) is 1.42. The monoisotopic (exact) mass is 210 g/mol. The summed E-state index contributed by atoms with van der Waals surface area (Å²) < 4.78 is 0. The molecule has 0 saturated heterocycles. The molecule has 0 aliphatic carbocycles. The summed E-state index contributed by atoms with van der Waals surface area (Å²) in [6, 6.07) is 0. The lowest BCUT2D eigenvalue weighted by molar-refractivity contribution is 0.122. The molecule has 0 aromatic carbocycles. The van der Waals surface area contributed by atoms with Gasteiger partial charge in [-0.15, -0.1) is 6.42 Å². The minimum atomic E-state index is -0.187. The van der Waals surface area contributed by atoms with Gasteiger partial charge in [0.25, 0.3) is 0 Å². The molecule has 0 radical (unpaired) electrons. The summed E-state index contributed by atoms with van der Waals surface area (Å²) in [6.45, 7) is 13.4. The molecule has 2 N–H and O–H groups in total. The van der Waals surface area contributed by atoms with Gasteiger partial charge in [-0.05, 0) is 32.2 Å². The van der Waals surface area contributed by atoms with Gasteiger partial charge in [-0.25, -0.2) is 0 Å². The van der Waals surface area contributed by atoms with E-state index in [9.17, 15) is 0 Å². The van der Waals surface area contributed by atoms with Crippen molar-refractivity contribution in [2.75, 3.05) is 19.6 Å². The van der Waals surface area contributed by atoms with Crippen molar-refractivity contribution in [2.24, 2.45) is 11.1 Å². The Morgan fingerprint density at radius 3 is 2.13 bits per heavy atom. The maximum Gasteiger partial charge on any atom is 0.0599 e. The highest BCUT2D eigenvalue weighted by Gasteiger charge is 2.34. The van der Waals surface area contributed by atoms with Crippen LogP contribution in [0, 0.1) is 17.8 Å². The Balaban J connectivity index is 4.46. The van der Waals surface area contributed by atoms with Gasteiger partial charge in [0, 0.05) is 12.1 Å². The summed E-state index contributed by atoms with van der Waals surface area (Å²) in [4.78, 5) is 2.30. The summed E-state index contributed by atoms with van der Waals surface area (Å²) in [6.07, 6.45) is 6.49. The molecule has 0 heterocycles. The van der Waals surface area contributed by atoms with Gasteiger partial charge in [0.05, 0.1) is 6.54 Å². The zero-order chi connectivity index (χ0) is 12.1. The number of nitrogens with zero attached hydrogens (tertiary/aromatic N) is 1. The first-order valence-corrected chi connectivity index (χ1v) is 5.69. The highest BCUT2D eigenvalue weighted by Crippen LogP contribution is 2.29. The SMILES string of the molecule is C#CCN(CCC)CC(C)(C)C(C)(C)N. The molecule has 0 amide bonds. The fraction of sp³-hybridized carbons (Fsp3) is 0.846. The Bertz CT molecular complexity index is 218. The Kier molecular flexibility index (Phi) is 5.34. The smallest absolute Gasteiger partial charge is 0.0599 e. The lowest BCUT2D eigenvalue weighted by Gasteiger charge is -2.41. The first kappa shape index (κ1) is 14.5. The van der Waals surface area contributed by atoms with Gasteiger partial charge in [-0.2, -0.15) is 0 Å². The number of nitrogens with two attached hydrogens (primary N) is 1. The van der Waals surface area contributed by atoms with Gasteiger partial charge in [0.15, 0.2) is 0 Å². The number of hydrogen-bond donors (Lipinski definition) is 1. The lowest BCUT2D eigenvalue weighted by Crippen LogP contribution is -2.53. The standard InChI is InChI=1S/C13H26N2/c1-7-9-15(10-8-2)11-12(3,4)13(5,6)14/h1H,8-11,14H2,2-6H3. The van der Waals surface area contributed by atoms with Crippen molar-refractivity contribution >= 4 is 0 Å². The van der Waals surface area contributed by atoms with Crippen LogP contribution in [0.15, 0.2) is 0 Å². The first-order chi connectivity index (χ1) is 6.74. The van der Waals surface area contributed by atoms with Crippen molar-refractivity contribution in [3.05, 3.63) is 0 Å². The van der Waals surface area contributed by atoms with E-state index in [4.69, 9.17) is 12.2 Å². The average molecular weight is 210 g/mol. The van der Waals surface area contributed by atoms with Gasteiger partial charge in [0.1, 0.15) is 0 Å². The highest BCUT2D eigenvalue weighted by molar-refractivity contribution is 4.95. The maximum absolute atomic E-state index is 6.18. The van der Waals surface area contributed by atoms with E-state index in [2.05, 4.69) is 45.4 Å². The summed E-state index contributed by atoms with van der Waals surface area (Å²) in [7, 11) is 0. The van der Waals surface area contributed by atoms with Crippen molar-refractivity contribution in [1.82, 2.24) is 4.90 Å². The molecule has 15 heavy (non-hydrogen) atoms. The molecule has 0 fully saturated rings. The summed E-state index contributed by atoms with van der Waals surface area (Å²) >= 11 is 0. The van der Waals surface area contributed by atoms with E-state index in [1.165, 1.54) is 0 Å². The van der Waals surface area contributed by atoms with Crippen molar-refractivity contribution in [2.45, 2.75) is 46.6 Å². The predicted octanol–water partition coefficient (Wildman–Crippen LogP) is 2.10. The lowest BCUT2D eigenvalue weighted by atomic mass is 9.75. The molecule has 88 valence electrons. The van der Waals surface area contributed by atoms with E-state index < -0.39 is 0 Å². The molecule has 0 spiro atoms. The van der Waals surface area contributed by atoms with Crippen LogP contribution in [-0.4, -0.2) is 30.1 Å². The van der Waals surface area contributed by atoms with Crippen molar-refractivity contribution in [3.8, 4) is 12.3 Å². The van der Waals surface area contributed by atoms with Gasteiger partial charge in [-0.1, -0.05) is 26.7 Å². The van der Waals surface area contributed by atoms with Crippen LogP contribution in [0.2, 0.25) is 0 Å². The van der Waals surface area contributed by atoms with Crippen LogP contribution in [0.1, 0.15) is 41.0 Å². The maximum atomic E-state index is 6.18. The quantitative estimate of drug-likeness (QED) is 0.680. The third kappa shape index (κ3) is 4.68. The van der Waals surface area contributed by atoms with E-state index in [0.29, 0.717) is 6.54 Å². The third-order valence-electron chi connectivity index (χ3n) is 3.22. The van der Waals surface area contributed by atoms with Crippen LogP contribution >= 0.6 is 0 Å². The molecule has 0 saturated carbocycles. The molecule has 0 aromatic rings. The molecule has 0 atom stereocenters. The summed E-state index contributed by atoms with van der Waals surface area (Å²) in [5.74, 6) is 2.71. The van der Waals surface area contributed by atoms with Crippen molar-refractivity contribution < 1.29 is 0 Å². The van der Waals surface area contributed by atoms with Gasteiger partial charge >= 0.3 is 0 Å². The van der Waals surface area contributed by atoms with Crippen LogP contribution in [0.4, 0.5) is 0 Å². The van der Waals surface area contributed by atoms with Gasteiger partial charge < -0.3 is 5.73 Å². The average Bonchev–Trinajstić information content (AvgIpc) is 2.02. The molecule has 2 heteroatoms. The summed E-state index contributed by atoms with van der Waals surface area (Å²) in [5, 5.41) is 0. The molecule has 0 aromatic heterocycles. The Morgan fingerprint density at radius 1 is 1.27 bits per heavy atom. The van der Waals surface area contributed by atoms with Crippen molar-refractivity contribution in [3.63, 3.8) is 0 Å². The molecular weight excluding hydrogens is 184 g/mol. The topological polar surface area (TPSA) is 29.3 Å². The number of hydrogen-bond acceptors (Lipinski definition) is 2. The Morgan fingerprint density at radius 2 is 1.80 bits per heavy atom. The molecule has 0 aliphatic heterocycles. The molecule has 0 unspecified atom stereocenters. The van der Waals surface area contributed by atoms with Crippen LogP contribution in [0.3, 0.4) is 0 Å². The fourth-order valence-electron chi connectivity index (χ4n) is 1.42. The van der Waals surface area contributed by atoms with Crippen LogP contribution < -0.4 is 5.73 Å². The molecule has 0 aliphatic rings. The van der Waals surface area contributed by atoms with E-state index >= 15 is 0 Å². The van der Waals surface area contributed by atoms with Crippen LogP contribution in [0.25, 0.3) is 0 Å². The van der Waals surface area contributed by atoms with E-state index in [1.54, 1.807) is 0 Å². The summed E-state index contributed by atoms with van der Waals surface area (Å²) in [5.41, 5.74) is 6.06. The van der Waals surface area contributed by atoms with E-state index in [-0.39, 0.29) is 11.0 Å². The Labute approximate surface area is 95.2 Å². The van der Waals surface area contributed by atoms with Crippen LogP contribution in [0.5, 0.6) is 0 Å². The second-order valence-electron chi connectivity index (χ2n) is 5.52. The normalized spacial score (nSPS) is 12.9. The zero-order valence-electron chi connectivity index (χ0n) is 10.9. The van der Waals surface area contributed by atoms with E-state index in [1.807, 2.05) is 0 Å². The first-order valence-electron chi connectivity index (χ1n) is 5.69. The molecule has 0 bridgehead atoms. The van der Waals surface area contributed by atoms with Crippen molar-refractivity contribution in [1.29, 1.82) is 0 Å². The van der Waals surface area contributed by atoms with Gasteiger partial charge in [0.2, 0.25) is 0 Å². The second-order valence-corrected chi connectivity index (χ2v) is 5.52.